The minimum absolute atomic E-state index is 0.0564. The quantitative estimate of drug-likeness (QED) is 0.632. The molecule has 9 heteroatoms. The molecule has 0 saturated carbocycles. The molecule has 1 amide bonds. The number of rotatable bonds is 10. The molecule has 1 rings (SSSR count). The van der Waals surface area contributed by atoms with E-state index in [4.69, 9.17) is 9.84 Å². The number of carbonyl (C=O) groups excluding carboxylic acids is 1. The summed E-state index contributed by atoms with van der Waals surface area (Å²) in [5.41, 5.74) is 0. The number of carboxylic acid groups (broad SMARTS) is 1. The molecule has 0 spiro atoms. The molecular formula is C16H24N2O6S. The number of aliphatic carboxylic acids is 1. The molecule has 25 heavy (non-hydrogen) atoms. The molecule has 1 aromatic carbocycles. The fraction of sp³-hybridized carbons (Fsp3) is 0.500. The van der Waals surface area contributed by atoms with Crippen LogP contribution >= 0.6 is 0 Å². The zero-order valence-corrected chi connectivity index (χ0v) is 15.4. The molecule has 0 saturated heterocycles. The van der Waals surface area contributed by atoms with E-state index >= 15 is 0 Å². The van der Waals surface area contributed by atoms with Crippen molar-refractivity contribution in [3.05, 3.63) is 24.3 Å². The normalized spacial score (nSPS) is 12.4. The van der Waals surface area contributed by atoms with E-state index in [1.807, 2.05) is 6.92 Å². The van der Waals surface area contributed by atoms with E-state index in [2.05, 4.69) is 4.72 Å². The van der Waals surface area contributed by atoms with Crippen LogP contribution in [0.2, 0.25) is 0 Å². The number of carboxylic acids is 1. The number of amides is 1. The van der Waals surface area contributed by atoms with Gasteiger partial charge in [0.25, 0.3) is 0 Å². The summed E-state index contributed by atoms with van der Waals surface area (Å²) in [4.78, 5) is 24.1. The van der Waals surface area contributed by atoms with Gasteiger partial charge in [0.05, 0.1) is 17.4 Å². The Morgan fingerprint density at radius 3 is 2.40 bits per heavy atom. The SMILES string of the molecule is CCOc1ccc(S(=O)(=O)NCCC(=O)N(C)CC(C)C(=O)O)cc1. The molecule has 0 bridgehead atoms. The summed E-state index contributed by atoms with van der Waals surface area (Å²) in [6, 6.07) is 5.97. The summed E-state index contributed by atoms with van der Waals surface area (Å²) >= 11 is 0. The van der Waals surface area contributed by atoms with Crippen LogP contribution in [-0.4, -0.2) is 57.0 Å². The molecular weight excluding hydrogens is 348 g/mol. The second kappa shape index (κ2) is 9.38. The van der Waals surface area contributed by atoms with Gasteiger partial charge in [-0.1, -0.05) is 6.92 Å². The molecule has 0 aliphatic heterocycles. The first-order chi connectivity index (χ1) is 11.7. The number of carbonyl (C=O) groups is 2. The van der Waals surface area contributed by atoms with Crippen LogP contribution < -0.4 is 9.46 Å². The predicted octanol–water partition coefficient (Wildman–Crippen LogP) is 0.933. The zero-order chi connectivity index (χ0) is 19.0. The number of benzene rings is 1. The fourth-order valence-electron chi connectivity index (χ4n) is 2.04. The third-order valence-corrected chi connectivity index (χ3v) is 4.95. The minimum Gasteiger partial charge on any atom is -0.494 e. The zero-order valence-electron chi connectivity index (χ0n) is 14.6. The Bertz CT molecular complexity index is 687. The van der Waals surface area contributed by atoms with Crippen molar-refractivity contribution in [1.82, 2.24) is 9.62 Å². The monoisotopic (exact) mass is 372 g/mol. The van der Waals surface area contributed by atoms with Gasteiger partial charge in [-0.05, 0) is 31.2 Å². The van der Waals surface area contributed by atoms with Crippen LogP contribution in [0.15, 0.2) is 29.2 Å². The van der Waals surface area contributed by atoms with Crippen LogP contribution in [0.1, 0.15) is 20.3 Å². The van der Waals surface area contributed by atoms with Crippen LogP contribution in [-0.2, 0) is 19.6 Å². The smallest absolute Gasteiger partial charge is 0.308 e. The molecule has 0 radical (unpaired) electrons. The largest absolute Gasteiger partial charge is 0.494 e. The van der Waals surface area contributed by atoms with Crippen molar-refractivity contribution < 1.29 is 27.9 Å². The Hall–Kier alpha value is -2.13. The molecule has 0 aliphatic carbocycles. The maximum atomic E-state index is 12.2. The van der Waals surface area contributed by atoms with Gasteiger partial charge in [0.2, 0.25) is 15.9 Å². The Kier molecular flexibility index (Phi) is 7.85. The van der Waals surface area contributed by atoms with Crippen molar-refractivity contribution in [2.45, 2.75) is 25.2 Å². The Balaban J connectivity index is 2.53. The third kappa shape index (κ3) is 6.71. The Labute approximate surface area is 147 Å². The molecule has 0 aliphatic rings. The summed E-state index contributed by atoms with van der Waals surface area (Å²) < 4.78 is 31.9. The van der Waals surface area contributed by atoms with Crippen LogP contribution in [0.3, 0.4) is 0 Å². The number of sulfonamides is 1. The highest BCUT2D eigenvalue weighted by Gasteiger charge is 2.18. The van der Waals surface area contributed by atoms with Gasteiger partial charge in [0, 0.05) is 26.6 Å². The van der Waals surface area contributed by atoms with Gasteiger partial charge in [0.1, 0.15) is 5.75 Å². The lowest BCUT2D eigenvalue weighted by Gasteiger charge is -2.19. The van der Waals surface area contributed by atoms with Gasteiger partial charge < -0.3 is 14.7 Å². The van der Waals surface area contributed by atoms with Gasteiger partial charge >= 0.3 is 5.97 Å². The summed E-state index contributed by atoms with van der Waals surface area (Å²) in [6.07, 6.45) is -0.0564. The average Bonchev–Trinajstić information content (AvgIpc) is 2.55. The maximum absolute atomic E-state index is 12.2. The lowest BCUT2D eigenvalue weighted by Crippen LogP contribution is -2.36. The number of ether oxygens (including phenoxy) is 1. The molecule has 1 atom stereocenters. The number of nitrogens with zero attached hydrogens (tertiary/aromatic N) is 1. The van der Waals surface area contributed by atoms with Gasteiger partial charge in [-0.25, -0.2) is 13.1 Å². The van der Waals surface area contributed by atoms with Crippen LogP contribution in [0.5, 0.6) is 5.75 Å². The highest BCUT2D eigenvalue weighted by molar-refractivity contribution is 7.89. The van der Waals surface area contributed by atoms with Gasteiger partial charge in [-0.3, -0.25) is 9.59 Å². The van der Waals surface area contributed by atoms with E-state index in [0.717, 1.165) is 0 Å². The van der Waals surface area contributed by atoms with Crippen molar-refractivity contribution >= 4 is 21.9 Å². The van der Waals surface area contributed by atoms with Crippen molar-refractivity contribution in [1.29, 1.82) is 0 Å². The molecule has 2 N–H and O–H groups in total. The topological polar surface area (TPSA) is 113 Å². The summed E-state index contributed by atoms with van der Waals surface area (Å²) in [5.74, 6) is -1.43. The third-order valence-electron chi connectivity index (χ3n) is 3.47. The van der Waals surface area contributed by atoms with Gasteiger partial charge in [0.15, 0.2) is 0 Å². The lowest BCUT2D eigenvalue weighted by atomic mass is 10.2. The molecule has 140 valence electrons. The molecule has 0 heterocycles. The second-order valence-corrected chi connectivity index (χ2v) is 7.33. The standard InChI is InChI=1S/C16H24N2O6S/c1-4-24-13-5-7-14(8-6-13)25(22,23)17-10-9-15(19)18(3)11-12(2)16(20)21/h5-8,12,17H,4,9-11H2,1-3H3,(H,20,21). The van der Waals surface area contributed by atoms with E-state index in [0.29, 0.717) is 12.4 Å². The van der Waals surface area contributed by atoms with Crippen molar-refractivity contribution in [2.75, 3.05) is 26.7 Å². The highest BCUT2D eigenvalue weighted by atomic mass is 32.2. The molecule has 8 nitrogen and oxygen atoms in total. The van der Waals surface area contributed by atoms with E-state index in [9.17, 15) is 18.0 Å². The van der Waals surface area contributed by atoms with Crippen LogP contribution in [0.25, 0.3) is 0 Å². The van der Waals surface area contributed by atoms with Crippen molar-refractivity contribution in [3.8, 4) is 5.75 Å². The molecule has 1 aromatic rings. The summed E-state index contributed by atoms with van der Waals surface area (Å²) in [5, 5.41) is 8.84. The van der Waals surface area contributed by atoms with Crippen LogP contribution in [0.4, 0.5) is 0 Å². The summed E-state index contributed by atoms with van der Waals surface area (Å²) in [7, 11) is -2.23. The minimum atomic E-state index is -3.72. The van der Waals surface area contributed by atoms with Crippen LogP contribution in [0, 0.1) is 5.92 Å². The Morgan fingerprint density at radius 2 is 1.88 bits per heavy atom. The number of hydrogen-bond acceptors (Lipinski definition) is 5. The fourth-order valence-corrected chi connectivity index (χ4v) is 3.07. The first kappa shape index (κ1) is 20.9. The van der Waals surface area contributed by atoms with E-state index in [1.165, 1.54) is 31.0 Å². The van der Waals surface area contributed by atoms with Crippen molar-refractivity contribution in [2.24, 2.45) is 5.92 Å². The van der Waals surface area contributed by atoms with E-state index < -0.39 is 21.9 Å². The van der Waals surface area contributed by atoms with E-state index in [1.54, 1.807) is 12.1 Å². The molecule has 0 fully saturated rings. The highest BCUT2D eigenvalue weighted by Crippen LogP contribution is 2.15. The van der Waals surface area contributed by atoms with Gasteiger partial charge in [-0.2, -0.15) is 0 Å². The second-order valence-electron chi connectivity index (χ2n) is 5.57. The molecule has 0 aromatic heterocycles. The van der Waals surface area contributed by atoms with Gasteiger partial charge in [-0.15, -0.1) is 0 Å². The first-order valence-electron chi connectivity index (χ1n) is 7.86. The number of hydrogen-bond donors (Lipinski definition) is 2. The molecule has 1 unspecified atom stereocenters. The predicted molar refractivity (Wildman–Crippen MR) is 91.9 cm³/mol. The maximum Gasteiger partial charge on any atom is 0.308 e. The summed E-state index contributed by atoms with van der Waals surface area (Å²) in [6.45, 7) is 3.82. The Morgan fingerprint density at radius 1 is 1.28 bits per heavy atom. The lowest BCUT2D eigenvalue weighted by molar-refractivity contribution is -0.142. The number of nitrogens with one attached hydrogen (secondary N) is 1. The van der Waals surface area contributed by atoms with E-state index in [-0.39, 0.29) is 30.3 Å². The van der Waals surface area contributed by atoms with Crippen molar-refractivity contribution in [3.63, 3.8) is 0 Å². The first-order valence-corrected chi connectivity index (χ1v) is 9.35. The average molecular weight is 372 g/mol.